The number of alkyl halides is 3. The van der Waals surface area contributed by atoms with Gasteiger partial charge in [0.2, 0.25) is 0 Å². The van der Waals surface area contributed by atoms with E-state index in [-0.39, 0.29) is 6.04 Å². The molecule has 1 fully saturated rings. The molecule has 0 spiro atoms. The van der Waals surface area contributed by atoms with Gasteiger partial charge in [0.05, 0.1) is 23.3 Å². The van der Waals surface area contributed by atoms with Gasteiger partial charge < -0.3 is 15.1 Å². The van der Waals surface area contributed by atoms with E-state index in [1.54, 1.807) is 18.4 Å². The number of furan rings is 1. The lowest BCUT2D eigenvalue weighted by Gasteiger charge is -2.19. The van der Waals surface area contributed by atoms with Gasteiger partial charge in [0.15, 0.2) is 16.7 Å². The normalized spacial score (nSPS) is 18.3. The largest absolute Gasteiger partial charge is 0.457 e. The van der Waals surface area contributed by atoms with Crippen molar-refractivity contribution in [2.24, 2.45) is 4.99 Å². The van der Waals surface area contributed by atoms with Crippen molar-refractivity contribution in [3.05, 3.63) is 42.2 Å². The van der Waals surface area contributed by atoms with E-state index in [0.717, 1.165) is 21.0 Å². The lowest BCUT2D eigenvalue weighted by molar-refractivity contribution is -0.143. The molecule has 0 bridgehead atoms. The molecule has 30 heavy (non-hydrogen) atoms. The van der Waals surface area contributed by atoms with E-state index in [0.29, 0.717) is 37.8 Å². The van der Waals surface area contributed by atoms with Crippen molar-refractivity contribution in [2.75, 3.05) is 26.7 Å². The Morgan fingerprint density at radius 2 is 2.13 bits per heavy atom. The minimum Gasteiger partial charge on any atom is -0.457 e. The number of nitrogens with zero attached hydrogens (tertiary/aromatic N) is 3. The molecule has 1 unspecified atom stereocenters. The number of nitrogens with one attached hydrogen (secondary N) is 2. The summed E-state index contributed by atoms with van der Waals surface area (Å²) in [6.07, 6.45) is -3.53. The minimum atomic E-state index is -4.17. The average Bonchev–Trinajstić information content (AvgIpc) is 3.43. The molecule has 2 N–H and O–H groups in total. The van der Waals surface area contributed by atoms with Crippen LogP contribution in [0.2, 0.25) is 0 Å². The Hall–Kier alpha value is -2.59. The molecule has 0 aliphatic carbocycles. The first-order chi connectivity index (χ1) is 14.4. The Bertz CT molecular complexity index is 996. The predicted molar refractivity (Wildman–Crippen MR) is 112 cm³/mol. The second-order valence-corrected chi connectivity index (χ2v) is 8.19. The number of halogens is 3. The number of hydrogen-bond donors (Lipinski definition) is 2. The van der Waals surface area contributed by atoms with Crippen LogP contribution in [-0.2, 0) is 6.54 Å². The van der Waals surface area contributed by atoms with Gasteiger partial charge in [0, 0.05) is 26.2 Å². The molecule has 1 saturated heterocycles. The first kappa shape index (κ1) is 20.7. The maximum Gasteiger partial charge on any atom is 0.401 e. The van der Waals surface area contributed by atoms with Crippen LogP contribution < -0.4 is 10.6 Å². The summed E-state index contributed by atoms with van der Waals surface area (Å²) >= 11 is 1.57. The van der Waals surface area contributed by atoms with Crippen molar-refractivity contribution in [3.63, 3.8) is 0 Å². The standard InChI is InChI=1S/C20H22F3N5OS/c1-24-19(26-13-8-9-28(11-13)12-20(21,22)23)25-10-14-6-7-16(29-14)18-27-15-4-2-3-5-17(15)30-18/h2-7,13H,8-12H2,1H3,(H2,24,25,26). The van der Waals surface area contributed by atoms with E-state index in [1.165, 1.54) is 4.90 Å². The number of aliphatic imine (C=N–C) groups is 1. The number of thiazole rings is 1. The third-order valence-corrected chi connectivity index (χ3v) is 5.89. The smallest absolute Gasteiger partial charge is 0.401 e. The maximum atomic E-state index is 12.5. The highest BCUT2D eigenvalue weighted by Gasteiger charge is 2.34. The van der Waals surface area contributed by atoms with Crippen LogP contribution >= 0.6 is 11.3 Å². The first-order valence-corrected chi connectivity index (χ1v) is 10.4. The second-order valence-electron chi connectivity index (χ2n) is 7.16. The molecule has 1 aliphatic heterocycles. The van der Waals surface area contributed by atoms with Crippen molar-refractivity contribution >= 4 is 27.5 Å². The summed E-state index contributed by atoms with van der Waals surface area (Å²) in [5.74, 6) is 1.96. The Morgan fingerprint density at radius 1 is 1.30 bits per heavy atom. The SMILES string of the molecule is CN=C(NCc1ccc(-c2nc3ccccc3s2)o1)NC1CCN(CC(F)(F)F)C1. The van der Waals surface area contributed by atoms with Gasteiger partial charge >= 0.3 is 6.18 Å². The summed E-state index contributed by atoms with van der Waals surface area (Å²) in [5.41, 5.74) is 0.939. The van der Waals surface area contributed by atoms with E-state index in [4.69, 9.17) is 4.42 Å². The molecular formula is C20H22F3N5OS. The summed E-state index contributed by atoms with van der Waals surface area (Å²) < 4.78 is 44.6. The molecule has 10 heteroatoms. The van der Waals surface area contributed by atoms with Gasteiger partial charge in [-0.05, 0) is 30.7 Å². The molecule has 2 aromatic heterocycles. The van der Waals surface area contributed by atoms with E-state index in [9.17, 15) is 13.2 Å². The topological polar surface area (TPSA) is 65.7 Å². The van der Waals surface area contributed by atoms with Crippen LogP contribution in [0.3, 0.4) is 0 Å². The Balaban J connectivity index is 1.31. The highest BCUT2D eigenvalue weighted by molar-refractivity contribution is 7.21. The van der Waals surface area contributed by atoms with Crippen LogP contribution in [0.4, 0.5) is 13.2 Å². The number of likely N-dealkylation sites (tertiary alicyclic amines) is 1. The van der Waals surface area contributed by atoms with Crippen LogP contribution in [0.15, 0.2) is 45.8 Å². The number of fused-ring (bicyclic) bond motifs is 1. The molecule has 4 rings (SSSR count). The fraction of sp³-hybridized carbons (Fsp3) is 0.400. The maximum absolute atomic E-state index is 12.5. The zero-order valence-electron chi connectivity index (χ0n) is 16.4. The molecule has 3 aromatic rings. The Morgan fingerprint density at radius 3 is 2.90 bits per heavy atom. The molecule has 1 aliphatic rings. The summed E-state index contributed by atoms with van der Waals surface area (Å²) in [7, 11) is 1.63. The lowest BCUT2D eigenvalue weighted by Crippen LogP contribution is -2.44. The van der Waals surface area contributed by atoms with Gasteiger partial charge in [0.1, 0.15) is 5.76 Å². The van der Waals surface area contributed by atoms with Gasteiger partial charge in [0.25, 0.3) is 0 Å². The van der Waals surface area contributed by atoms with Crippen molar-refractivity contribution < 1.29 is 17.6 Å². The summed E-state index contributed by atoms with van der Waals surface area (Å²) in [4.78, 5) is 10.2. The van der Waals surface area contributed by atoms with E-state index in [2.05, 4.69) is 20.6 Å². The average molecular weight is 437 g/mol. The Kier molecular flexibility index (Phi) is 5.96. The highest BCUT2D eigenvalue weighted by atomic mass is 32.1. The van der Waals surface area contributed by atoms with E-state index >= 15 is 0 Å². The van der Waals surface area contributed by atoms with Gasteiger partial charge in [-0.1, -0.05) is 12.1 Å². The van der Waals surface area contributed by atoms with E-state index in [1.807, 2.05) is 36.4 Å². The third kappa shape index (κ3) is 5.11. The quantitative estimate of drug-likeness (QED) is 0.469. The highest BCUT2D eigenvalue weighted by Crippen LogP contribution is 2.31. The molecule has 0 saturated carbocycles. The molecule has 160 valence electrons. The molecule has 3 heterocycles. The van der Waals surface area contributed by atoms with E-state index < -0.39 is 12.7 Å². The molecule has 6 nitrogen and oxygen atoms in total. The van der Waals surface area contributed by atoms with Crippen molar-refractivity contribution in [1.82, 2.24) is 20.5 Å². The first-order valence-electron chi connectivity index (χ1n) is 9.60. The molecule has 0 radical (unpaired) electrons. The number of guanidine groups is 1. The minimum absolute atomic E-state index is 0.0755. The lowest BCUT2D eigenvalue weighted by atomic mass is 10.3. The van der Waals surface area contributed by atoms with Gasteiger partial charge in [-0.15, -0.1) is 11.3 Å². The van der Waals surface area contributed by atoms with Crippen molar-refractivity contribution in [1.29, 1.82) is 0 Å². The monoisotopic (exact) mass is 437 g/mol. The molecular weight excluding hydrogens is 415 g/mol. The predicted octanol–water partition coefficient (Wildman–Crippen LogP) is 3.86. The zero-order chi connectivity index (χ0) is 21.1. The summed E-state index contributed by atoms with van der Waals surface area (Å²) in [5, 5.41) is 7.16. The number of aromatic nitrogens is 1. The number of para-hydroxylation sites is 1. The van der Waals surface area contributed by atoms with Gasteiger partial charge in [-0.3, -0.25) is 9.89 Å². The fourth-order valence-corrected chi connectivity index (χ4v) is 4.40. The summed E-state index contributed by atoms with van der Waals surface area (Å²) in [6, 6.07) is 11.6. The Labute approximate surface area is 175 Å². The fourth-order valence-electron chi connectivity index (χ4n) is 3.47. The van der Waals surface area contributed by atoms with Crippen LogP contribution in [0.25, 0.3) is 21.0 Å². The van der Waals surface area contributed by atoms with Crippen molar-refractivity contribution in [3.8, 4) is 10.8 Å². The molecule has 1 aromatic carbocycles. The van der Waals surface area contributed by atoms with Crippen LogP contribution in [0.5, 0.6) is 0 Å². The van der Waals surface area contributed by atoms with Crippen LogP contribution in [0.1, 0.15) is 12.2 Å². The number of benzene rings is 1. The molecule has 1 atom stereocenters. The van der Waals surface area contributed by atoms with Crippen LogP contribution in [0, 0.1) is 0 Å². The summed E-state index contributed by atoms with van der Waals surface area (Å²) in [6.45, 7) is 0.280. The van der Waals surface area contributed by atoms with Crippen LogP contribution in [-0.4, -0.2) is 54.7 Å². The van der Waals surface area contributed by atoms with Gasteiger partial charge in [-0.2, -0.15) is 13.2 Å². The second kappa shape index (κ2) is 8.65. The molecule has 0 amide bonds. The van der Waals surface area contributed by atoms with Gasteiger partial charge in [-0.25, -0.2) is 4.98 Å². The number of rotatable bonds is 5. The number of hydrogen-bond acceptors (Lipinski definition) is 5. The van der Waals surface area contributed by atoms with Crippen molar-refractivity contribution in [2.45, 2.75) is 25.2 Å². The third-order valence-electron chi connectivity index (χ3n) is 4.84. The zero-order valence-corrected chi connectivity index (χ0v) is 17.2.